The van der Waals surface area contributed by atoms with Gasteiger partial charge in [-0.3, -0.25) is 0 Å². The van der Waals surface area contributed by atoms with E-state index in [1.54, 1.807) is 22.3 Å². The molecule has 4 heteroatoms. The lowest BCUT2D eigenvalue weighted by Crippen LogP contribution is -3.14. The summed E-state index contributed by atoms with van der Waals surface area (Å²) in [7, 11) is -6.85. The van der Waals surface area contributed by atoms with Gasteiger partial charge in [0.2, 0.25) is 0 Å². The van der Waals surface area contributed by atoms with E-state index in [0.29, 0.717) is 0 Å². The molecule has 1 saturated heterocycles. The Morgan fingerprint density at radius 3 is 0.778 bits per heavy atom. The van der Waals surface area contributed by atoms with Gasteiger partial charge in [-0.1, -0.05) is 165 Å². The van der Waals surface area contributed by atoms with Crippen molar-refractivity contribution in [2.75, 3.05) is 0 Å². The number of rotatable bonds is 6. The normalized spacial score (nSPS) is 31.3. The Labute approximate surface area is 225 Å². The van der Waals surface area contributed by atoms with Crippen LogP contribution in [-0.2, 0) is 0 Å². The second-order valence-electron chi connectivity index (χ2n) is 14.5. The topological polar surface area (TPSA) is 0 Å². The Morgan fingerprint density at radius 1 is 0.389 bits per heavy atom. The lowest BCUT2D eigenvalue weighted by molar-refractivity contribution is 0.788. The van der Waals surface area contributed by atoms with Gasteiger partial charge >= 0.3 is 0 Å². The molecule has 3 heterocycles. The molecule has 2 bridgehead atoms. The average molecular weight is 549 g/mol. The van der Waals surface area contributed by atoms with Gasteiger partial charge in [-0.05, 0) is 33.3 Å². The third-order valence-corrected chi connectivity index (χ3v) is 111. The van der Waals surface area contributed by atoms with Gasteiger partial charge in [-0.15, -0.1) is 0 Å². The number of hydrogen-bond donors (Lipinski definition) is 0. The first-order valence-electron chi connectivity index (χ1n) is 15.0. The van der Waals surface area contributed by atoms with E-state index in [-0.39, 0.29) is 0 Å². The highest BCUT2D eigenvalue weighted by Gasteiger charge is 2.97. The Bertz CT molecular complexity index is 1010. The highest BCUT2D eigenvalue weighted by Crippen LogP contribution is 2.82. The van der Waals surface area contributed by atoms with Crippen LogP contribution in [0.5, 0.6) is 0 Å². The van der Waals surface area contributed by atoms with Gasteiger partial charge < -0.3 is 0 Å². The Kier molecular flexibility index (Phi) is 6.28. The molecule has 3 aliphatic heterocycles. The van der Waals surface area contributed by atoms with Gasteiger partial charge in [0, 0.05) is 14.2 Å². The molecule has 0 amide bonds. The summed E-state index contributed by atoms with van der Waals surface area (Å²) in [5, 5.41) is 0. The van der Waals surface area contributed by atoms with Crippen LogP contribution in [0.25, 0.3) is 0 Å². The van der Waals surface area contributed by atoms with Crippen molar-refractivity contribution in [3.8, 4) is 0 Å². The Balaban J connectivity index is 2.12. The molecule has 0 unspecified atom stereocenters. The number of hydrogen-bond acceptors (Lipinski definition) is 0. The fraction of sp³-hybridized carbons (Fsp3) is 0.625. The first-order valence-corrected chi connectivity index (χ1v) is 27.7. The van der Waals surface area contributed by atoms with E-state index in [2.05, 4.69) is 132 Å². The molecule has 0 nitrogen and oxygen atoms in total. The van der Waals surface area contributed by atoms with E-state index >= 15 is 0 Å². The van der Waals surface area contributed by atoms with Crippen LogP contribution in [0.15, 0.2) is 48.5 Å². The van der Waals surface area contributed by atoms with E-state index in [0.717, 1.165) is 44.3 Å². The van der Waals surface area contributed by atoms with Crippen molar-refractivity contribution in [1.82, 2.24) is 0 Å². The van der Waals surface area contributed by atoms with Crippen LogP contribution >= 0.6 is 0 Å². The lowest BCUT2D eigenvalue weighted by Gasteiger charge is -2.92. The standard InChI is InChI=1S/C32H52Si4/c1-21(2)33(22(3)4)34(23(5)6,24(7)8)36(26(11)12)32-29-19-15-13-17-27(29)31(35(33,36)25(9)10)28-18-14-16-20-30(28)32/h13-26,31-32H,1-12H3/t31?,32?,35-,36+. The molecule has 0 N–H and O–H groups in total. The summed E-state index contributed by atoms with van der Waals surface area (Å²) in [5.74, 6) is 0. The minimum Gasteiger partial charge on any atom is -0.0656 e. The van der Waals surface area contributed by atoms with Crippen LogP contribution in [0.4, 0.5) is 0 Å². The molecule has 0 saturated carbocycles. The molecular formula is C32H52Si4. The van der Waals surface area contributed by atoms with Gasteiger partial charge in [0.15, 0.2) is 0 Å². The molecule has 196 valence electrons. The molecule has 4 aliphatic rings. The predicted octanol–water partition coefficient (Wildman–Crippen LogP) is 9.94. The molecule has 0 radical (unpaired) electrons. The van der Waals surface area contributed by atoms with Crippen LogP contribution in [0.1, 0.15) is 116 Å². The summed E-state index contributed by atoms with van der Waals surface area (Å²) in [6.07, 6.45) is 0. The third kappa shape index (κ3) is 2.36. The van der Waals surface area contributed by atoms with E-state index in [9.17, 15) is 0 Å². The second kappa shape index (κ2) is 8.40. The van der Waals surface area contributed by atoms with Crippen molar-refractivity contribution in [2.45, 2.75) is 127 Å². The quantitative estimate of drug-likeness (QED) is 0.315. The molecule has 1 fully saturated rings. The van der Waals surface area contributed by atoms with Gasteiger partial charge in [-0.2, -0.15) is 0 Å². The Hall–Kier alpha value is -0.692. The van der Waals surface area contributed by atoms with Crippen molar-refractivity contribution >= 4 is 28.4 Å². The minimum atomic E-state index is -1.76. The maximum Gasteiger partial charge on any atom is 0.0555 e. The SMILES string of the molecule is CC(C)[Si]1(C(C)C)[Si](C(C)C)(C(C)C)[Si@@]2(C(C)C)C3c4ccccc4C(c4ccccc43)[Si@@]12C(C)C. The summed E-state index contributed by atoms with van der Waals surface area (Å²) >= 11 is 0. The molecule has 0 spiro atoms. The van der Waals surface area contributed by atoms with Crippen LogP contribution in [0.3, 0.4) is 0 Å². The van der Waals surface area contributed by atoms with Crippen molar-refractivity contribution in [2.24, 2.45) is 0 Å². The van der Waals surface area contributed by atoms with E-state index in [4.69, 9.17) is 0 Å². The predicted molar refractivity (Wildman–Crippen MR) is 170 cm³/mol. The summed E-state index contributed by atoms with van der Waals surface area (Å²) in [4.78, 5) is 0. The highest BCUT2D eigenvalue weighted by atomic mass is 30.2. The monoisotopic (exact) mass is 548 g/mol. The lowest BCUT2D eigenvalue weighted by atomic mass is 9.85. The number of benzene rings is 2. The zero-order valence-corrected chi connectivity index (χ0v) is 29.2. The minimum absolute atomic E-state index is 0.749. The summed E-state index contributed by atoms with van der Waals surface area (Å²) in [6, 6.07) is 19.9. The largest absolute Gasteiger partial charge is 0.0656 e. The fourth-order valence-corrected chi connectivity index (χ4v) is 183. The van der Waals surface area contributed by atoms with Crippen LogP contribution in [0, 0.1) is 0 Å². The summed E-state index contributed by atoms with van der Waals surface area (Å²) < 4.78 is 0. The summed E-state index contributed by atoms with van der Waals surface area (Å²) in [5.41, 5.74) is 14.0. The third-order valence-electron chi connectivity index (χ3n) is 12.3. The van der Waals surface area contributed by atoms with Crippen LogP contribution < -0.4 is 0 Å². The molecule has 2 aromatic rings. The molecule has 0 aromatic heterocycles. The second-order valence-corrected chi connectivity index (χ2v) is 55.4. The smallest absolute Gasteiger partial charge is 0.0555 e. The van der Waals surface area contributed by atoms with Crippen LogP contribution in [-0.4, -0.2) is 28.4 Å². The Morgan fingerprint density at radius 2 is 0.611 bits per heavy atom. The first kappa shape index (κ1) is 26.9. The molecule has 6 rings (SSSR count). The molecular weight excluding hydrogens is 497 g/mol. The first-order chi connectivity index (χ1) is 16.9. The average Bonchev–Trinajstić information content (AvgIpc) is 2.78. The van der Waals surface area contributed by atoms with Crippen LogP contribution in [0.2, 0.25) is 33.2 Å². The van der Waals surface area contributed by atoms with Gasteiger partial charge in [0.05, 0.1) is 14.2 Å². The van der Waals surface area contributed by atoms with E-state index in [1.165, 1.54) is 0 Å². The van der Waals surface area contributed by atoms with E-state index < -0.39 is 28.4 Å². The highest BCUT2D eigenvalue weighted by molar-refractivity contribution is 8.15. The molecule has 1 aliphatic carbocycles. The summed E-state index contributed by atoms with van der Waals surface area (Å²) in [6.45, 7) is 33.0. The van der Waals surface area contributed by atoms with Gasteiger partial charge in [0.1, 0.15) is 0 Å². The molecule has 36 heavy (non-hydrogen) atoms. The maximum absolute atomic E-state index is 2.76. The van der Waals surface area contributed by atoms with Gasteiger partial charge in [0.25, 0.3) is 0 Å². The van der Waals surface area contributed by atoms with Gasteiger partial charge in [-0.25, -0.2) is 0 Å². The van der Waals surface area contributed by atoms with Crippen molar-refractivity contribution in [1.29, 1.82) is 0 Å². The van der Waals surface area contributed by atoms with Crippen molar-refractivity contribution in [3.05, 3.63) is 70.8 Å². The fourth-order valence-electron chi connectivity index (χ4n) is 13.4. The molecule has 2 atom stereocenters. The maximum atomic E-state index is 2.76. The van der Waals surface area contributed by atoms with Crippen molar-refractivity contribution < 1.29 is 0 Å². The zero-order chi connectivity index (χ0) is 26.6. The molecule has 2 aromatic carbocycles. The van der Waals surface area contributed by atoms with Crippen molar-refractivity contribution in [3.63, 3.8) is 0 Å². The van der Waals surface area contributed by atoms with E-state index in [1.807, 2.05) is 0 Å². The zero-order valence-electron chi connectivity index (χ0n) is 25.2.